The van der Waals surface area contributed by atoms with Gasteiger partial charge in [-0.25, -0.2) is 4.39 Å². The fourth-order valence-electron chi connectivity index (χ4n) is 3.33. The maximum absolute atomic E-state index is 14.3. The first-order valence-corrected chi connectivity index (χ1v) is 12.8. The van der Waals surface area contributed by atoms with Gasteiger partial charge in [-0.2, -0.15) is 26.3 Å². The molecule has 2 aromatic rings. The van der Waals surface area contributed by atoms with E-state index in [0.717, 1.165) is 13.0 Å². The predicted molar refractivity (Wildman–Crippen MR) is 129 cm³/mol. The molecule has 2 atom stereocenters. The molecule has 0 fully saturated rings. The monoisotopic (exact) mass is 652 g/mol. The molecular weight excluding hydrogens is 632 g/mol. The molecule has 14 heteroatoms. The summed E-state index contributed by atoms with van der Waals surface area (Å²) in [5.74, 6) is -1.36. The van der Waals surface area contributed by atoms with Crippen molar-refractivity contribution in [1.29, 1.82) is 0 Å². The molecule has 0 spiro atoms. The van der Waals surface area contributed by atoms with Crippen LogP contribution in [0.15, 0.2) is 36.4 Å². The molecular formula is C22H20F7IN2O3S. The zero-order valence-electron chi connectivity index (χ0n) is 18.9. The smallest absolute Gasteiger partial charge is 0.435 e. The Bertz CT molecular complexity index is 1130. The summed E-state index contributed by atoms with van der Waals surface area (Å²) in [4.78, 5) is 25.7. The van der Waals surface area contributed by atoms with Crippen molar-refractivity contribution in [3.8, 4) is 0 Å². The second-order valence-electron chi connectivity index (χ2n) is 7.91. The van der Waals surface area contributed by atoms with Crippen LogP contribution in [0.5, 0.6) is 0 Å². The van der Waals surface area contributed by atoms with E-state index in [1.54, 1.807) is 13.0 Å². The Balaban J connectivity index is 2.39. The predicted octanol–water partition coefficient (Wildman–Crippen LogP) is 5.64. The molecule has 2 rings (SSSR count). The second kappa shape index (κ2) is 11.1. The van der Waals surface area contributed by atoms with E-state index in [2.05, 4.69) is 10.6 Å². The third kappa shape index (κ3) is 6.43. The molecule has 5 nitrogen and oxygen atoms in total. The number of nitrogens with one attached hydrogen (secondary N) is 2. The number of amides is 2. The molecule has 0 heterocycles. The molecule has 2 aromatic carbocycles. The third-order valence-corrected chi connectivity index (χ3v) is 6.87. The number of rotatable bonds is 7. The van der Waals surface area contributed by atoms with Crippen LogP contribution in [0.1, 0.15) is 38.8 Å². The Labute approximate surface area is 218 Å². The number of anilines is 1. The van der Waals surface area contributed by atoms with Crippen LogP contribution in [0, 0.1) is 10.5 Å². The van der Waals surface area contributed by atoms with Gasteiger partial charge in [0.1, 0.15) is 5.75 Å². The lowest BCUT2D eigenvalue weighted by molar-refractivity contribution is -0.348. The van der Waals surface area contributed by atoms with Gasteiger partial charge in [0.25, 0.3) is 11.8 Å². The van der Waals surface area contributed by atoms with Gasteiger partial charge in [-0.1, -0.05) is 29.4 Å². The molecule has 0 radical (unpaired) electrons. The zero-order chi connectivity index (χ0) is 27.6. The highest BCUT2D eigenvalue weighted by molar-refractivity contribution is 14.1. The van der Waals surface area contributed by atoms with Gasteiger partial charge in [0.05, 0.1) is 23.4 Å². The highest BCUT2D eigenvalue weighted by atomic mass is 127. The first kappa shape index (κ1) is 30.2. The van der Waals surface area contributed by atoms with Gasteiger partial charge in [-0.15, -0.1) is 0 Å². The molecule has 0 aliphatic rings. The van der Waals surface area contributed by atoms with Crippen molar-refractivity contribution in [3.63, 3.8) is 0 Å². The highest BCUT2D eigenvalue weighted by Crippen LogP contribution is 2.53. The number of carbonyl (C=O) groups is 2. The summed E-state index contributed by atoms with van der Waals surface area (Å²) >= 11 is 0.616. The van der Waals surface area contributed by atoms with Gasteiger partial charge in [0.15, 0.2) is 0 Å². The van der Waals surface area contributed by atoms with Crippen molar-refractivity contribution < 1.29 is 44.9 Å². The van der Waals surface area contributed by atoms with E-state index in [1.807, 2.05) is 22.6 Å². The van der Waals surface area contributed by atoms with Crippen molar-refractivity contribution >= 4 is 51.3 Å². The summed E-state index contributed by atoms with van der Waals surface area (Å²) < 4.78 is 104. The van der Waals surface area contributed by atoms with Gasteiger partial charge in [0, 0.05) is 14.8 Å². The van der Waals surface area contributed by atoms with Crippen molar-refractivity contribution in [2.24, 2.45) is 0 Å². The first-order valence-electron chi connectivity index (χ1n) is 10.0. The van der Waals surface area contributed by atoms with Gasteiger partial charge >= 0.3 is 18.0 Å². The second-order valence-corrected chi connectivity index (χ2v) is 10.6. The van der Waals surface area contributed by atoms with Gasteiger partial charge in [-0.3, -0.25) is 9.59 Å². The molecule has 2 N–H and O–H groups in total. The zero-order valence-corrected chi connectivity index (χ0v) is 21.9. The first-order chi connectivity index (χ1) is 16.4. The maximum atomic E-state index is 14.3. The van der Waals surface area contributed by atoms with E-state index in [1.165, 1.54) is 18.4 Å². The summed E-state index contributed by atoms with van der Waals surface area (Å²) in [6.45, 7) is 2.72. The van der Waals surface area contributed by atoms with Crippen LogP contribution < -0.4 is 10.6 Å². The number of carbonyl (C=O) groups excluding carboxylic acids is 2. The molecule has 0 aliphatic carbocycles. The Hall–Kier alpha value is -2.07. The van der Waals surface area contributed by atoms with E-state index < -0.39 is 52.6 Å². The van der Waals surface area contributed by atoms with Gasteiger partial charge in [0.2, 0.25) is 0 Å². The van der Waals surface area contributed by atoms with Crippen molar-refractivity contribution in [2.45, 2.75) is 37.9 Å². The van der Waals surface area contributed by atoms with Gasteiger partial charge < -0.3 is 15.2 Å². The molecule has 2 amide bonds. The fraction of sp³-hybridized carbons (Fsp3) is 0.364. The standard InChI is InChI=1S/C22H20F7IN2O3S/c1-11-9-13(20(23,21(24,25)26)22(27,28)29)7-8-16(11)32-18(33)14-5-4-6-15(30)17(14)19(34)31-12(2)10-36(3)35/h4-9,12H,10H2,1-3H3,(H,31,34)(H,32,33). The van der Waals surface area contributed by atoms with Crippen LogP contribution in [0.25, 0.3) is 0 Å². The molecule has 0 saturated heterocycles. The van der Waals surface area contributed by atoms with Crippen molar-refractivity contribution in [1.82, 2.24) is 5.32 Å². The van der Waals surface area contributed by atoms with Gasteiger partial charge in [-0.05, 0) is 60.2 Å². The van der Waals surface area contributed by atoms with E-state index >= 15 is 0 Å². The molecule has 2 unspecified atom stereocenters. The lowest BCUT2D eigenvalue weighted by atomic mass is 9.92. The molecule has 0 aromatic heterocycles. The number of hydrogen-bond acceptors (Lipinski definition) is 3. The normalized spacial score (nSPS) is 14.2. The Morgan fingerprint density at radius 2 is 1.61 bits per heavy atom. The summed E-state index contributed by atoms with van der Waals surface area (Å²) in [6, 6.07) is 5.19. The quantitative estimate of drug-likeness (QED) is 0.231. The third-order valence-electron chi connectivity index (χ3n) is 5.00. The summed E-state index contributed by atoms with van der Waals surface area (Å²) in [5, 5.41) is 4.95. The topological polar surface area (TPSA) is 81.3 Å². The van der Waals surface area contributed by atoms with Crippen LogP contribution in [0.3, 0.4) is 0 Å². The fourth-order valence-corrected chi connectivity index (χ4v) is 4.86. The van der Waals surface area contributed by atoms with Crippen LogP contribution in [-0.2, 0) is 16.8 Å². The van der Waals surface area contributed by atoms with Crippen molar-refractivity contribution in [3.05, 3.63) is 62.2 Å². The average Bonchev–Trinajstić information content (AvgIpc) is 2.71. The molecule has 36 heavy (non-hydrogen) atoms. The Kier molecular flexibility index (Phi) is 9.32. The average molecular weight is 652 g/mol. The number of alkyl halides is 7. The van der Waals surface area contributed by atoms with Crippen LogP contribution in [0.4, 0.5) is 36.4 Å². The van der Waals surface area contributed by atoms with E-state index in [4.69, 9.17) is 0 Å². The number of benzene rings is 2. The highest BCUT2D eigenvalue weighted by Gasteiger charge is 2.73. The summed E-state index contributed by atoms with van der Waals surface area (Å²) in [6.07, 6.45) is -11.1. The maximum Gasteiger partial charge on any atom is 0.435 e. The SMILES string of the molecule is Cc1cc(C(F)(C(F)(F)F)C(F)(F)F)ccc1NC(=O)c1cccc(I)c1C(=O)NC(C)C[S+](C)[O-]. The molecule has 0 bridgehead atoms. The lowest BCUT2D eigenvalue weighted by Gasteiger charge is -2.30. The number of hydrogen-bond donors (Lipinski definition) is 2. The van der Waals surface area contributed by atoms with Crippen LogP contribution >= 0.6 is 22.6 Å². The molecule has 0 saturated carbocycles. The van der Waals surface area contributed by atoms with E-state index in [0.29, 0.717) is 15.7 Å². The van der Waals surface area contributed by atoms with Crippen molar-refractivity contribution in [2.75, 3.05) is 17.3 Å². The minimum absolute atomic E-state index is 0.0319. The van der Waals surface area contributed by atoms with Crippen LogP contribution in [0.2, 0.25) is 0 Å². The van der Waals surface area contributed by atoms with Crippen LogP contribution in [-0.4, -0.2) is 46.8 Å². The number of halogens is 8. The minimum Gasteiger partial charge on any atom is -0.616 e. The minimum atomic E-state index is -6.27. The Morgan fingerprint density at radius 1 is 1.03 bits per heavy atom. The Morgan fingerprint density at radius 3 is 2.11 bits per heavy atom. The van der Waals surface area contributed by atoms with E-state index in [-0.39, 0.29) is 28.1 Å². The molecule has 198 valence electrons. The lowest BCUT2D eigenvalue weighted by Crippen LogP contribution is -2.50. The van der Waals surface area contributed by atoms with E-state index in [9.17, 15) is 44.9 Å². The molecule has 0 aliphatic heterocycles. The summed E-state index contributed by atoms with van der Waals surface area (Å²) in [5.41, 5.74) is -7.90. The largest absolute Gasteiger partial charge is 0.616 e. The summed E-state index contributed by atoms with van der Waals surface area (Å²) in [7, 11) is 0. The number of aryl methyl sites for hydroxylation is 1.